The van der Waals surface area contributed by atoms with E-state index in [1.807, 2.05) is 0 Å². The fourth-order valence-electron chi connectivity index (χ4n) is 3.09. The van der Waals surface area contributed by atoms with E-state index in [9.17, 15) is 17.6 Å². The minimum absolute atomic E-state index is 0.00779. The van der Waals surface area contributed by atoms with E-state index in [0.29, 0.717) is 11.6 Å². The Balaban J connectivity index is 1.51. The SMILES string of the molecule is O=C(Nc1nc2c(s1)CN(S(=O)(=O)c1cccc(F)c1)CC2)C1CCC1. The summed E-state index contributed by atoms with van der Waals surface area (Å²) in [6.45, 7) is 0.469. The minimum Gasteiger partial charge on any atom is -0.302 e. The summed E-state index contributed by atoms with van der Waals surface area (Å²) in [5.74, 6) is -0.519. The number of sulfonamides is 1. The van der Waals surface area contributed by atoms with Crippen molar-refractivity contribution in [3.05, 3.63) is 40.7 Å². The minimum atomic E-state index is -3.76. The quantitative estimate of drug-likeness (QED) is 0.863. The molecular formula is C17H18FN3O3S2. The van der Waals surface area contributed by atoms with Gasteiger partial charge in [0.1, 0.15) is 5.82 Å². The molecule has 9 heteroatoms. The largest absolute Gasteiger partial charge is 0.302 e. The first-order valence-corrected chi connectivity index (χ1v) is 10.7. The average molecular weight is 395 g/mol. The summed E-state index contributed by atoms with van der Waals surface area (Å²) >= 11 is 1.31. The summed E-state index contributed by atoms with van der Waals surface area (Å²) < 4.78 is 40.2. The van der Waals surface area contributed by atoms with Crippen molar-refractivity contribution < 1.29 is 17.6 Å². The summed E-state index contributed by atoms with van der Waals surface area (Å²) in [6, 6.07) is 5.03. The van der Waals surface area contributed by atoms with E-state index in [4.69, 9.17) is 0 Å². The second-order valence-electron chi connectivity index (χ2n) is 6.55. The zero-order valence-corrected chi connectivity index (χ0v) is 15.6. The van der Waals surface area contributed by atoms with E-state index in [2.05, 4.69) is 10.3 Å². The molecule has 0 saturated heterocycles. The van der Waals surface area contributed by atoms with Gasteiger partial charge in [0, 0.05) is 23.8 Å². The zero-order valence-electron chi connectivity index (χ0n) is 13.9. The highest BCUT2D eigenvalue weighted by atomic mass is 32.2. The number of thiazole rings is 1. The number of carbonyl (C=O) groups excluding carboxylic acids is 1. The lowest BCUT2D eigenvalue weighted by Crippen LogP contribution is -2.35. The number of hydrogen-bond donors (Lipinski definition) is 1. The van der Waals surface area contributed by atoms with Crippen molar-refractivity contribution in [1.82, 2.24) is 9.29 Å². The summed E-state index contributed by atoms with van der Waals surface area (Å²) in [7, 11) is -3.76. The number of fused-ring (bicyclic) bond motifs is 1. The molecule has 1 fully saturated rings. The fourth-order valence-corrected chi connectivity index (χ4v) is 5.63. The predicted molar refractivity (Wildman–Crippen MR) is 95.8 cm³/mol. The summed E-state index contributed by atoms with van der Waals surface area (Å²) in [6.07, 6.45) is 3.38. The molecule has 0 radical (unpaired) electrons. The first kappa shape index (κ1) is 17.6. The topological polar surface area (TPSA) is 79.4 Å². The maximum absolute atomic E-state index is 13.4. The molecule has 0 atom stereocenters. The molecule has 2 aromatic rings. The maximum Gasteiger partial charge on any atom is 0.243 e. The molecule has 1 aromatic heterocycles. The lowest BCUT2D eigenvalue weighted by molar-refractivity contribution is -0.122. The van der Waals surface area contributed by atoms with Crippen LogP contribution in [-0.4, -0.2) is 30.2 Å². The van der Waals surface area contributed by atoms with Crippen molar-refractivity contribution in [1.29, 1.82) is 0 Å². The van der Waals surface area contributed by atoms with Gasteiger partial charge >= 0.3 is 0 Å². The molecule has 1 aliphatic heterocycles. The standard InChI is InChI=1S/C17H18FN3O3S2/c18-12-5-2-6-13(9-12)26(23,24)21-8-7-14-15(10-21)25-17(19-14)20-16(22)11-3-1-4-11/h2,5-6,9,11H,1,3-4,7-8,10H2,(H,19,20,22). The van der Waals surface area contributed by atoms with Gasteiger partial charge in [-0.15, -0.1) is 11.3 Å². The van der Waals surface area contributed by atoms with E-state index in [-0.39, 0.29) is 29.8 Å². The summed E-state index contributed by atoms with van der Waals surface area (Å²) in [4.78, 5) is 17.3. The number of benzene rings is 1. The molecular weight excluding hydrogens is 377 g/mol. The lowest BCUT2D eigenvalue weighted by Gasteiger charge is -2.25. The lowest BCUT2D eigenvalue weighted by atomic mass is 9.85. The molecule has 1 amide bonds. The highest BCUT2D eigenvalue weighted by molar-refractivity contribution is 7.89. The van der Waals surface area contributed by atoms with Gasteiger partial charge in [-0.05, 0) is 31.0 Å². The van der Waals surface area contributed by atoms with Crippen LogP contribution >= 0.6 is 11.3 Å². The number of nitrogens with zero attached hydrogens (tertiary/aromatic N) is 2. The van der Waals surface area contributed by atoms with Crippen LogP contribution in [0.3, 0.4) is 0 Å². The first-order chi connectivity index (χ1) is 12.4. The van der Waals surface area contributed by atoms with Crippen molar-refractivity contribution in [2.24, 2.45) is 5.92 Å². The number of anilines is 1. The molecule has 6 nitrogen and oxygen atoms in total. The Hall–Kier alpha value is -1.84. The number of carbonyl (C=O) groups is 1. The van der Waals surface area contributed by atoms with Gasteiger partial charge in [-0.3, -0.25) is 4.79 Å². The third-order valence-corrected chi connectivity index (χ3v) is 7.68. The molecule has 26 heavy (non-hydrogen) atoms. The van der Waals surface area contributed by atoms with Crippen LogP contribution in [-0.2, 0) is 27.8 Å². The van der Waals surface area contributed by atoms with Crippen molar-refractivity contribution >= 4 is 32.4 Å². The van der Waals surface area contributed by atoms with Crippen molar-refractivity contribution in [3.63, 3.8) is 0 Å². The predicted octanol–water partition coefficient (Wildman–Crippen LogP) is 2.77. The van der Waals surface area contributed by atoms with Crippen LogP contribution in [0.1, 0.15) is 29.8 Å². The number of hydrogen-bond acceptors (Lipinski definition) is 5. The smallest absolute Gasteiger partial charge is 0.243 e. The molecule has 0 unspecified atom stereocenters. The summed E-state index contributed by atoms with van der Waals surface area (Å²) in [5.41, 5.74) is 0.824. The van der Waals surface area contributed by atoms with Crippen LogP contribution in [0.2, 0.25) is 0 Å². The number of rotatable bonds is 4. The molecule has 1 aromatic carbocycles. The van der Waals surface area contributed by atoms with Gasteiger partial charge in [-0.1, -0.05) is 12.5 Å². The summed E-state index contributed by atoms with van der Waals surface area (Å²) in [5, 5.41) is 3.37. The van der Waals surface area contributed by atoms with Gasteiger partial charge in [0.15, 0.2) is 5.13 Å². The Morgan fingerprint density at radius 2 is 2.15 bits per heavy atom. The van der Waals surface area contributed by atoms with Crippen LogP contribution in [0.25, 0.3) is 0 Å². The Bertz CT molecular complexity index is 954. The van der Waals surface area contributed by atoms with E-state index in [1.165, 1.54) is 33.8 Å². The Kier molecular flexibility index (Phi) is 4.54. The van der Waals surface area contributed by atoms with E-state index < -0.39 is 15.8 Å². The first-order valence-electron chi connectivity index (χ1n) is 8.48. The number of amides is 1. The van der Waals surface area contributed by atoms with Crippen LogP contribution in [0.4, 0.5) is 9.52 Å². The highest BCUT2D eigenvalue weighted by Gasteiger charge is 2.31. The van der Waals surface area contributed by atoms with E-state index in [1.54, 1.807) is 0 Å². The maximum atomic E-state index is 13.4. The number of nitrogens with one attached hydrogen (secondary N) is 1. The van der Waals surface area contributed by atoms with Gasteiger partial charge in [-0.2, -0.15) is 4.31 Å². The van der Waals surface area contributed by atoms with E-state index in [0.717, 1.165) is 35.9 Å². The van der Waals surface area contributed by atoms with Crippen molar-refractivity contribution in [2.75, 3.05) is 11.9 Å². The third kappa shape index (κ3) is 3.26. The van der Waals surface area contributed by atoms with Gasteiger partial charge < -0.3 is 5.32 Å². The highest BCUT2D eigenvalue weighted by Crippen LogP contribution is 2.33. The van der Waals surface area contributed by atoms with Gasteiger partial charge in [0.05, 0.1) is 17.1 Å². The van der Waals surface area contributed by atoms with Crippen LogP contribution in [0, 0.1) is 11.7 Å². The molecule has 138 valence electrons. The Morgan fingerprint density at radius 3 is 2.85 bits per heavy atom. The molecule has 4 rings (SSSR count). The third-order valence-electron chi connectivity index (χ3n) is 4.84. The fraction of sp³-hybridized carbons (Fsp3) is 0.412. The van der Waals surface area contributed by atoms with Gasteiger partial charge in [0.25, 0.3) is 0 Å². The van der Waals surface area contributed by atoms with Crippen LogP contribution in [0.5, 0.6) is 0 Å². The monoisotopic (exact) mass is 395 g/mol. The molecule has 1 N–H and O–H groups in total. The van der Waals surface area contributed by atoms with Gasteiger partial charge in [0.2, 0.25) is 15.9 Å². The Morgan fingerprint density at radius 1 is 1.35 bits per heavy atom. The zero-order chi connectivity index (χ0) is 18.3. The van der Waals surface area contributed by atoms with Crippen LogP contribution in [0.15, 0.2) is 29.2 Å². The van der Waals surface area contributed by atoms with E-state index >= 15 is 0 Å². The van der Waals surface area contributed by atoms with Crippen molar-refractivity contribution in [2.45, 2.75) is 37.1 Å². The number of halogens is 1. The second-order valence-corrected chi connectivity index (χ2v) is 9.57. The normalized spacial score (nSPS) is 18.2. The molecule has 1 saturated carbocycles. The molecule has 2 heterocycles. The number of aromatic nitrogens is 1. The molecule has 0 spiro atoms. The average Bonchev–Trinajstić information content (AvgIpc) is 2.94. The van der Waals surface area contributed by atoms with Crippen LogP contribution < -0.4 is 5.32 Å². The molecule has 1 aliphatic carbocycles. The van der Waals surface area contributed by atoms with Crippen molar-refractivity contribution in [3.8, 4) is 0 Å². The second kappa shape index (κ2) is 6.71. The Labute approximate surface area is 155 Å². The van der Waals surface area contributed by atoms with Gasteiger partial charge in [-0.25, -0.2) is 17.8 Å². The molecule has 0 bridgehead atoms. The molecule has 2 aliphatic rings.